The number of hydrogen-bond donors (Lipinski definition) is 4. The largest absolute Gasteiger partial charge is 0.458 e. The van der Waals surface area contributed by atoms with Gasteiger partial charge in [-0.3, -0.25) is 14.4 Å². The fourth-order valence-corrected chi connectivity index (χ4v) is 6.33. The number of benzene rings is 1. The van der Waals surface area contributed by atoms with E-state index in [2.05, 4.69) is 10.6 Å². The van der Waals surface area contributed by atoms with Gasteiger partial charge in [0.2, 0.25) is 0 Å². The van der Waals surface area contributed by atoms with Crippen LogP contribution in [0.4, 0.5) is 8.78 Å². The number of aliphatic hydroxyl groups excluding tert-OH is 1. The van der Waals surface area contributed by atoms with Crippen molar-refractivity contribution in [2.75, 3.05) is 13.2 Å². The number of pyridine rings is 2. The van der Waals surface area contributed by atoms with Gasteiger partial charge in [-0.15, -0.1) is 0 Å². The zero-order valence-electron chi connectivity index (χ0n) is 22.8. The maximum absolute atomic E-state index is 15.0. The number of nitrogens with zero attached hydrogens (tertiary/aromatic N) is 2. The SMILES string of the molecule is CC[C@@]1(O)C(=O)OCc2c1cc1n(c2=O)Cc2c-1nc1cc(F)c(C)c3c1c2[C@@H](NC(=O)C(F)C(=O)NCCO)CC3. The lowest BCUT2D eigenvalue weighted by atomic mass is 9.81. The second-order valence-corrected chi connectivity index (χ2v) is 10.8. The third-order valence-corrected chi connectivity index (χ3v) is 8.57. The minimum atomic E-state index is -2.53. The highest BCUT2D eigenvalue weighted by atomic mass is 19.1. The van der Waals surface area contributed by atoms with Crippen molar-refractivity contribution in [3.05, 3.63) is 61.7 Å². The van der Waals surface area contributed by atoms with Gasteiger partial charge in [-0.2, -0.15) is 0 Å². The molecule has 0 bridgehead atoms. The molecule has 0 saturated heterocycles. The van der Waals surface area contributed by atoms with E-state index < -0.39 is 53.6 Å². The minimum Gasteiger partial charge on any atom is -0.458 e. The van der Waals surface area contributed by atoms with Crippen molar-refractivity contribution >= 4 is 28.7 Å². The number of nitrogens with one attached hydrogen (secondary N) is 2. The minimum absolute atomic E-state index is 0.0197. The van der Waals surface area contributed by atoms with Crippen LogP contribution in [0.25, 0.3) is 22.3 Å². The topological polar surface area (TPSA) is 160 Å². The van der Waals surface area contributed by atoms with E-state index in [-0.39, 0.29) is 49.2 Å². The van der Waals surface area contributed by atoms with E-state index in [9.17, 15) is 28.7 Å². The summed E-state index contributed by atoms with van der Waals surface area (Å²) in [4.78, 5) is 55.8. The van der Waals surface area contributed by atoms with Crippen molar-refractivity contribution < 1.29 is 38.1 Å². The van der Waals surface area contributed by atoms with Gasteiger partial charge in [0.1, 0.15) is 12.4 Å². The Balaban J connectivity index is 1.53. The van der Waals surface area contributed by atoms with Crippen LogP contribution in [0.1, 0.15) is 59.2 Å². The van der Waals surface area contributed by atoms with Gasteiger partial charge in [0.15, 0.2) is 5.60 Å². The number of esters is 1. The molecular formula is C29H28F2N4O7. The van der Waals surface area contributed by atoms with E-state index >= 15 is 4.39 Å². The predicted octanol–water partition coefficient (Wildman–Crippen LogP) is 1.08. The summed E-state index contributed by atoms with van der Waals surface area (Å²) in [5.41, 5.74) is 0.791. The van der Waals surface area contributed by atoms with E-state index in [1.807, 2.05) is 0 Å². The van der Waals surface area contributed by atoms with Gasteiger partial charge in [-0.25, -0.2) is 18.6 Å². The number of fused-ring (bicyclic) bond motifs is 5. The molecule has 13 heteroatoms. The first-order valence-corrected chi connectivity index (χ1v) is 13.7. The summed E-state index contributed by atoms with van der Waals surface area (Å²) < 4.78 is 36.3. The molecule has 2 aromatic heterocycles. The van der Waals surface area contributed by atoms with Gasteiger partial charge in [0, 0.05) is 29.1 Å². The number of aryl methyl sites for hydroxylation is 1. The number of amides is 2. The Bertz CT molecular complexity index is 1770. The number of carbonyl (C=O) groups is 3. The van der Waals surface area contributed by atoms with Crippen LogP contribution in [0.5, 0.6) is 0 Å². The Labute approximate surface area is 237 Å². The molecule has 220 valence electrons. The molecule has 0 spiro atoms. The molecule has 42 heavy (non-hydrogen) atoms. The van der Waals surface area contributed by atoms with E-state index in [4.69, 9.17) is 14.8 Å². The van der Waals surface area contributed by atoms with Gasteiger partial charge in [0.25, 0.3) is 23.5 Å². The van der Waals surface area contributed by atoms with E-state index in [1.54, 1.807) is 13.8 Å². The van der Waals surface area contributed by atoms with Crippen LogP contribution in [0, 0.1) is 12.7 Å². The van der Waals surface area contributed by atoms with E-state index in [1.165, 1.54) is 16.7 Å². The predicted molar refractivity (Wildman–Crippen MR) is 143 cm³/mol. The molecule has 4 heterocycles. The van der Waals surface area contributed by atoms with Crippen LogP contribution in [-0.4, -0.2) is 56.9 Å². The maximum Gasteiger partial charge on any atom is 0.343 e. The number of rotatable bonds is 6. The lowest BCUT2D eigenvalue weighted by Crippen LogP contribution is -2.45. The molecule has 0 saturated carbocycles. The fourth-order valence-electron chi connectivity index (χ4n) is 6.33. The number of halogens is 2. The number of aromatic nitrogens is 2. The van der Waals surface area contributed by atoms with Crippen molar-refractivity contribution in [2.24, 2.45) is 0 Å². The Kier molecular flexibility index (Phi) is 6.61. The van der Waals surface area contributed by atoms with Gasteiger partial charge in [0.05, 0.1) is 41.7 Å². The summed E-state index contributed by atoms with van der Waals surface area (Å²) in [6.45, 7) is 2.30. The summed E-state index contributed by atoms with van der Waals surface area (Å²) in [7, 11) is 0. The maximum atomic E-state index is 15.0. The molecule has 1 unspecified atom stereocenters. The first-order valence-electron chi connectivity index (χ1n) is 13.7. The number of alkyl halides is 1. The third kappa shape index (κ3) is 3.94. The lowest BCUT2D eigenvalue weighted by Gasteiger charge is -2.31. The summed E-state index contributed by atoms with van der Waals surface area (Å²) in [6.07, 6.45) is -1.97. The monoisotopic (exact) mass is 582 g/mol. The molecule has 3 atom stereocenters. The standard InChI is InChI=1S/C29H28F2N4O7/c1-3-29(41)16-8-20-24-14(10-35(20)27(39)15(16)11-42-28(29)40)22-18(34-26(38)23(31)25(37)32-6-7-36)5-4-13-12(2)17(30)9-19(33-24)21(13)22/h8-9,18,23,36,41H,3-7,10-11H2,1-2H3,(H,32,37)(H,34,38)/t18-,23?,29-/m0/s1. The highest BCUT2D eigenvalue weighted by Crippen LogP contribution is 2.46. The molecule has 2 aliphatic heterocycles. The highest BCUT2D eigenvalue weighted by Gasteiger charge is 2.46. The van der Waals surface area contributed by atoms with Crippen LogP contribution in [-0.2, 0) is 44.3 Å². The molecule has 11 nitrogen and oxygen atoms in total. The molecule has 6 rings (SSSR count). The van der Waals surface area contributed by atoms with Crippen LogP contribution < -0.4 is 16.2 Å². The number of carbonyl (C=O) groups excluding carboxylic acids is 3. The van der Waals surface area contributed by atoms with Gasteiger partial charge in [-0.05, 0) is 48.9 Å². The lowest BCUT2D eigenvalue weighted by molar-refractivity contribution is -0.172. The van der Waals surface area contributed by atoms with Crippen LogP contribution >= 0.6 is 0 Å². The number of ether oxygens (including phenoxy) is 1. The van der Waals surface area contributed by atoms with Gasteiger partial charge in [-0.1, -0.05) is 6.92 Å². The summed E-state index contributed by atoms with van der Waals surface area (Å²) >= 11 is 0. The van der Waals surface area contributed by atoms with Crippen molar-refractivity contribution in [1.29, 1.82) is 0 Å². The average Bonchev–Trinajstić information content (AvgIpc) is 3.35. The van der Waals surface area contributed by atoms with E-state index in [0.29, 0.717) is 45.4 Å². The van der Waals surface area contributed by atoms with Crippen molar-refractivity contribution in [3.63, 3.8) is 0 Å². The summed E-state index contributed by atoms with van der Waals surface area (Å²) in [5, 5.41) is 25.4. The molecule has 1 aromatic carbocycles. The zero-order chi connectivity index (χ0) is 30.1. The summed E-state index contributed by atoms with van der Waals surface area (Å²) in [5.74, 6) is -3.71. The first kappa shape index (κ1) is 27.9. The highest BCUT2D eigenvalue weighted by molar-refractivity contribution is 6.03. The average molecular weight is 583 g/mol. The fraction of sp³-hybridized carbons (Fsp3) is 0.414. The quantitative estimate of drug-likeness (QED) is 0.194. The molecule has 3 aromatic rings. The Morgan fingerprint density at radius 2 is 2.00 bits per heavy atom. The Hall–Kier alpha value is -4.23. The van der Waals surface area contributed by atoms with Crippen LogP contribution in [0.15, 0.2) is 16.9 Å². The van der Waals surface area contributed by atoms with Crippen LogP contribution in [0.3, 0.4) is 0 Å². The second-order valence-electron chi connectivity index (χ2n) is 10.8. The normalized spacial score (nSPS) is 20.8. The molecular weight excluding hydrogens is 554 g/mol. The Morgan fingerprint density at radius 3 is 2.71 bits per heavy atom. The Morgan fingerprint density at radius 1 is 1.24 bits per heavy atom. The van der Waals surface area contributed by atoms with E-state index in [0.717, 1.165) is 0 Å². The first-order chi connectivity index (χ1) is 20.0. The molecule has 1 aliphatic carbocycles. The van der Waals surface area contributed by atoms with Gasteiger partial charge < -0.3 is 30.2 Å². The summed E-state index contributed by atoms with van der Waals surface area (Å²) in [6, 6.07) is 2.00. The molecule has 0 fully saturated rings. The molecule has 3 aliphatic rings. The molecule has 4 N–H and O–H groups in total. The van der Waals surface area contributed by atoms with Crippen LogP contribution in [0.2, 0.25) is 0 Å². The van der Waals surface area contributed by atoms with Gasteiger partial charge >= 0.3 is 5.97 Å². The smallest absolute Gasteiger partial charge is 0.343 e. The third-order valence-electron chi connectivity index (χ3n) is 8.57. The molecule has 0 radical (unpaired) electrons. The zero-order valence-corrected chi connectivity index (χ0v) is 22.8. The van der Waals surface area contributed by atoms with Crippen molar-refractivity contribution in [2.45, 2.75) is 64.1 Å². The molecule has 2 amide bonds. The number of aliphatic hydroxyl groups is 2. The number of cyclic esters (lactones) is 1. The second kappa shape index (κ2) is 9.95. The van der Waals surface area contributed by atoms with Crippen molar-refractivity contribution in [3.8, 4) is 11.4 Å². The number of hydrogen-bond acceptors (Lipinski definition) is 8. The van der Waals surface area contributed by atoms with Crippen molar-refractivity contribution in [1.82, 2.24) is 20.2 Å².